The average molecular weight is 280 g/mol. The molecule has 1 aliphatic rings. The molecule has 1 aromatic heterocycles. The number of nitrogens with two attached hydrogens (primary N) is 1. The highest BCUT2D eigenvalue weighted by atomic mass is 16.4. The zero-order valence-electron chi connectivity index (χ0n) is 11.7. The maximum Gasteiger partial charge on any atom is 0.371 e. The number of nitrogens with zero attached hydrogens (tertiary/aromatic N) is 1. The van der Waals surface area contributed by atoms with Crippen molar-refractivity contribution in [2.45, 2.75) is 38.8 Å². The highest BCUT2D eigenvalue weighted by Crippen LogP contribution is 2.31. The van der Waals surface area contributed by atoms with E-state index in [2.05, 4.69) is 11.8 Å². The molecule has 1 saturated heterocycles. The fraction of sp³-hybridized carbons (Fsp3) is 0.571. The standard InChI is InChI=1S/C14H20N2O4/c1-8-3-4-10(13(15)17)7-16(8)9(2)11-5-6-12(20-11)14(18)19/h5-6,8-10H,3-4,7H2,1-2H3,(H2,15,17)(H,18,19). The van der Waals surface area contributed by atoms with E-state index >= 15 is 0 Å². The Hall–Kier alpha value is -1.82. The number of furan rings is 1. The third-order valence-corrected chi connectivity index (χ3v) is 4.08. The number of hydrogen-bond acceptors (Lipinski definition) is 4. The van der Waals surface area contributed by atoms with E-state index in [1.807, 2.05) is 6.92 Å². The van der Waals surface area contributed by atoms with Crippen molar-refractivity contribution in [3.05, 3.63) is 23.7 Å². The van der Waals surface area contributed by atoms with Crippen LogP contribution in [0.3, 0.4) is 0 Å². The fourth-order valence-corrected chi connectivity index (χ4v) is 2.76. The van der Waals surface area contributed by atoms with Crippen molar-refractivity contribution in [1.82, 2.24) is 4.90 Å². The minimum Gasteiger partial charge on any atom is -0.475 e. The lowest BCUT2D eigenvalue weighted by molar-refractivity contribution is -0.124. The summed E-state index contributed by atoms with van der Waals surface area (Å²) in [5, 5.41) is 8.89. The Morgan fingerprint density at radius 1 is 1.45 bits per heavy atom. The van der Waals surface area contributed by atoms with Crippen molar-refractivity contribution >= 4 is 11.9 Å². The first-order valence-electron chi connectivity index (χ1n) is 6.78. The van der Waals surface area contributed by atoms with Gasteiger partial charge in [0, 0.05) is 12.6 Å². The molecule has 3 N–H and O–H groups in total. The molecule has 2 heterocycles. The summed E-state index contributed by atoms with van der Waals surface area (Å²) in [7, 11) is 0. The molecule has 1 aliphatic heterocycles. The second kappa shape index (κ2) is 5.66. The molecule has 0 bridgehead atoms. The molecule has 0 aliphatic carbocycles. The number of carbonyl (C=O) groups excluding carboxylic acids is 1. The number of amides is 1. The van der Waals surface area contributed by atoms with Gasteiger partial charge in [-0.25, -0.2) is 4.79 Å². The van der Waals surface area contributed by atoms with Crippen LogP contribution in [0.2, 0.25) is 0 Å². The number of carboxylic acids is 1. The fourth-order valence-electron chi connectivity index (χ4n) is 2.76. The van der Waals surface area contributed by atoms with E-state index in [1.54, 1.807) is 6.07 Å². The Kier molecular flexibility index (Phi) is 4.13. The van der Waals surface area contributed by atoms with E-state index in [1.165, 1.54) is 6.07 Å². The molecule has 1 amide bonds. The van der Waals surface area contributed by atoms with Crippen LogP contribution in [0.15, 0.2) is 16.5 Å². The van der Waals surface area contributed by atoms with Crippen LogP contribution < -0.4 is 5.73 Å². The van der Waals surface area contributed by atoms with Gasteiger partial charge in [-0.3, -0.25) is 9.69 Å². The summed E-state index contributed by atoms with van der Waals surface area (Å²) in [6, 6.07) is 3.35. The van der Waals surface area contributed by atoms with Gasteiger partial charge in [0.2, 0.25) is 11.7 Å². The highest BCUT2D eigenvalue weighted by molar-refractivity contribution is 5.84. The van der Waals surface area contributed by atoms with Gasteiger partial charge in [-0.15, -0.1) is 0 Å². The number of piperidine rings is 1. The van der Waals surface area contributed by atoms with Crippen LogP contribution >= 0.6 is 0 Å². The third kappa shape index (κ3) is 2.85. The largest absolute Gasteiger partial charge is 0.475 e. The molecule has 1 aromatic rings. The number of rotatable bonds is 4. The Balaban J connectivity index is 2.14. The van der Waals surface area contributed by atoms with Crippen molar-refractivity contribution < 1.29 is 19.1 Å². The first-order chi connectivity index (χ1) is 9.40. The van der Waals surface area contributed by atoms with Crippen LogP contribution in [-0.4, -0.2) is 34.5 Å². The van der Waals surface area contributed by atoms with Crippen molar-refractivity contribution in [1.29, 1.82) is 0 Å². The number of hydrogen-bond donors (Lipinski definition) is 2. The monoisotopic (exact) mass is 280 g/mol. The highest BCUT2D eigenvalue weighted by Gasteiger charge is 2.33. The maximum absolute atomic E-state index is 11.4. The second-order valence-corrected chi connectivity index (χ2v) is 5.41. The van der Waals surface area contributed by atoms with Crippen LogP contribution in [0.5, 0.6) is 0 Å². The zero-order valence-corrected chi connectivity index (χ0v) is 11.7. The minimum absolute atomic E-state index is 0.0667. The molecule has 0 saturated carbocycles. The topological polar surface area (TPSA) is 96.8 Å². The van der Waals surface area contributed by atoms with Gasteiger partial charge < -0.3 is 15.3 Å². The molecule has 6 nitrogen and oxygen atoms in total. The predicted octanol–water partition coefficient (Wildman–Crippen LogP) is 1.62. The zero-order chi connectivity index (χ0) is 14.9. The number of carboxylic acid groups (broad SMARTS) is 1. The molecule has 0 radical (unpaired) electrons. The van der Waals surface area contributed by atoms with Gasteiger partial charge in [0.1, 0.15) is 5.76 Å². The van der Waals surface area contributed by atoms with E-state index in [9.17, 15) is 9.59 Å². The lowest BCUT2D eigenvalue weighted by Gasteiger charge is -2.40. The van der Waals surface area contributed by atoms with Gasteiger partial charge in [0.15, 0.2) is 0 Å². The van der Waals surface area contributed by atoms with Gasteiger partial charge in [-0.05, 0) is 38.8 Å². The normalized spacial score (nSPS) is 25.3. The number of aromatic carboxylic acids is 1. The van der Waals surface area contributed by atoms with Gasteiger partial charge in [0.25, 0.3) is 0 Å². The lowest BCUT2D eigenvalue weighted by atomic mass is 9.91. The van der Waals surface area contributed by atoms with E-state index in [0.29, 0.717) is 18.3 Å². The summed E-state index contributed by atoms with van der Waals surface area (Å²) in [4.78, 5) is 24.3. The van der Waals surface area contributed by atoms with Crippen LogP contribution in [0.25, 0.3) is 0 Å². The lowest BCUT2D eigenvalue weighted by Crippen LogP contribution is -2.46. The molecule has 3 atom stereocenters. The van der Waals surface area contributed by atoms with Gasteiger partial charge in [-0.1, -0.05) is 0 Å². The maximum atomic E-state index is 11.4. The van der Waals surface area contributed by atoms with Crippen molar-refractivity contribution in [2.75, 3.05) is 6.54 Å². The predicted molar refractivity (Wildman–Crippen MR) is 72.2 cm³/mol. The molecule has 3 unspecified atom stereocenters. The van der Waals surface area contributed by atoms with Crippen LogP contribution in [-0.2, 0) is 4.79 Å². The summed E-state index contributed by atoms with van der Waals surface area (Å²) in [5.41, 5.74) is 5.39. The number of primary amides is 1. The Bertz CT molecular complexity index is 511. The Morgan fingerprint density at radius 2 is 2.15 bits per heavy atom. The molecule has 0 spiro atoms. The molecule has 1 fully saturated rings. The summed E-state index contributed by atoms with van der Waals surface area (Å²) < 4.78 is 5.35. The van der Waals surface area contributed by atoms with E-state index in [-0.39, 0.29) is 23.6 Å². The van der Waals surface area contributed by atoms with E-state index < -0.39 is 5.97 Å². The molecule has 2 rings (SSSR count). The van der Waals surface area contributed by atoms with E-state index in [0.717, 1.165) is 12.8 Å². The summed E-state index contributed by atoms with van der Waals surface area (Å²) in [6.45, 7) is 4.62. The molecular formula is C14H20N2O4. The average Bonchev–Trinajstić information content (AvgIpc) is 2.88. The van der Waals surface area contributed by atoms with Crippen LogP contribution in [0.4, 0.5) is 0 Å². The SMILES string of the molecule is CC1CCC(C(N)=O)CN1C(C)c1ccc(C(=O)O)o1. The van der Waals surface area contributed by atoms with Crippen molar-refractivity contribution in [2.24, 2.45) is 11.7 Å². The van der Waals surface area contributed by atoms with Gasteiger partial charge in [-0.2, -0.15) is 0 Å². The molecular weight excluding hydrogens is 260 g/mol. The van der Waals surface area contributed by atoms with Gasteiger partial charge in [0.05, 0.1) is 12.0 Å². The molecule has 0 aromatic carbocycles. The first kappa shape index (κ1) is 14.6. The first-order valence-corrected chi connectivity index (χ1v) is 6.78. The minimum atomic E-state index is -1.08. The van der Waals surface area contributed by atoms with Crippen LogP contribution in [0.1, 0.15) is 49.0 Å². The molecule has 6 heteroatoms. The molecule has 110 valence electrons. The van der Waals surface area contributed by atoms with Crippen molar-refractivity contribution in [3.63, 3.8) is 0 Å². The Labute approximate surface area is 117 Å². The van der Waals surface area contributed by atoms with Gasteiger partial charge >= 0.3 is 5.97 Å². The summed E-state index contributed by atoms with van der Waals surface area (Å²) >= 11 is 0. The quantitative estimate of drug-likeness (QED) is 0.873. The van der Waals surface area contributed by atoms with E-state index in [4.69, 9.17) is 15.3 Å². The van der Waals surface area contributed by atoms with Crippen LogP contribution in [0, 0.1) is 5.92 Å². The second-order valence-electron chi connectivity index (χ2n) is 5.41. The number of carbonyl (C=O) groups is 2. The number of likely N-dealkylation sites (tertiary alicyclic amines) is 1. The smallest absolute Gasteiger partial charge is 0.371 e. The van der Waals surface area contributed by atoms with Crippen molar-refractivity contribution in [3.8, 4) is 0 Å². The summed E-state index contributed by atoms with van der Waals surface area (Å²) in [6.07, 6.45) is 1.70. The Morgan fingerprint density at radius 3 is 2.70 bits per heavy atom. The third-order valence-electron chi connectivity index (χ3n) is 4.08. The molecule has 20 heavy (non-hydrogen) atoms. The summed E-state index contributed by atoms with van der Waals surface area (Å²) in [5.74, 6) is -0.977.